The van der Waals surface area contributed by atoms with E-state index in [1.54, 1.807) is 0 Å². The molecule has 0 aliphatic carbocycles. The summed E-state index contributed by atoms with van der Waals surface area (Å²) in [5.74, 6) is 0.484. The van der Waals surface area contributed by atoms with Gasteiger partial charge in [-0.3, -0.25) is 9.69 Å². The molecule has 1 atom stereocenters. The number of para-hydroxylation sites is 1. The molecular formula is C16H24N2O3. The van der Waals surface area contributed by atoms with Crippen LogP contribution in [0.3, 0.4) is 0 Å². The number of benzene rings is 1. The summed E-state index contributed by atoms with van der Waals surface area (Å²) >= 11 is 0. The molecule has 0 spiro atoms. The molecule has 1 heterocycles. The number of likely N-dealkylation sites (tertiary alicyclic amines) is 1. The standard InChI is InChI=1S/C16H24N2O3/c1-20-16(19)12-13-6-2-3-7-14(13)21-11-10-18-9-5-4-8-15(18)17/h2-3,6-7,15H,4-5,8-12,17H2,1H3. The van der Waals surface area contributed by atoms with E-state index in [-0.39, 0.29) is 18.6 Å². The quantitative estimate of drug-likeness (QED) is 0.806. The molecular weight excluding hydrogens is 268 g/mol. The molecule has 21 heavy (non-hydrogen) atoms. The molecule has 5 nitrogen and oxygen atoms in total. The first-order chi connectivity index (χ1) is 10.2. The smallest absolute Gasteiger partial charge is 0.310 e. The van der Waals surface area contributed by atoms with Crippen LogP contribution in [-0.4, -0.2) is 43.8 Å². The summed E-state index contributed by atoms with van der Waals surface area (Å²) in [6.07, 6.45) is 3.84. The molecule has 1 aliphatic heterocycles. The van der Waals surface area contributed by atoms with Crippen LogP contribution in [0.25, 0.3) is 0 Å². The average Bonchev–Trinajstić information content (AvgIpc) is 2.50. The summed E-state index contributed by atoms with van der Waals surface area (Å²) in [4.78, 5) is 13.7. The number of nitrogens with two attached hydrogens (primary N) is 1. The van der Waals surface area contributed by atoms with Gasteiger partial charge >= 0.3 is 5.97 Å². The minimum atomic E-state index is -0.260. The van der Waals surface area contributed by atoms with Crippen molar-refractivity contribution in [3.63, 3.8) is 0 Å². The van der Waals surface area contributed by atoms with Crippen molar-refractivity contribution in [1.82, 2.24) is 4.90 Å². The van der Waals surface area contributed by atoms with Crippen molar-refractivity contribution in [1.29, 1.82) is 0 Å². The number of ether oxygens (including phenoxy) is 2. The summed E-state index contributed by atoms with van der Waals surface area (Å²) in [6.45, 7) is 2.42. The van der Waals surface area contributed by atoms with Crippen LogP contribution in [0.1, 0.15) is 24.8 Å². The number of carbonyl (C=O) groups is 1. The molecule has 116 valence electrons. The van der Waals surface area contributed by atoms with Gasteiger partial charge in [0.25, 0.3) is 0 Å². The molecule has 0 radical (unpaired) electrons. The van der Waals surface area contributed by atoms with Gasteiger partial charge in [-0.15, -0.1) is 0 Å². The van der Waals surface area contributed by atoms with E-state index in [0.717, 1.165) is 30.8 Å². The normalized spacial score (nSPS) is 19.2. The summed E-state index contributed by atoms with van der Waals surface area (Å²) in [5, 5.41) is 0. The van der Waals surface area contributed by atoms with Crippen molar-refractivity contribution in [2.45, 2.75) is 31.8 Å². The van der Waals surface area contributed by atoms with Crippen molar-refractivity contribution in [3.8, 4) is 5.75 Å². The molecule has 1 aliphatic rings. The van der Waals surface area contributed by atoms with Gasteiger partial charge < -0.3 is 15.2 Å². The van der Waals surface area contributed by atoms with Crippen LogP contribution in [0.15, 0.2) is 24.3 Å². The molecule has 0 saturated carbocycles. The van der Waals surface area contributed by atoms with Crippen LogP contribution >= 0.6 is 0 Å². The molecule has 1 unspecified atom stereocenters. The Hall–Kier alpha value is -1.59. The second-order valence-electron chi connectivity index (χ2n) is 5.31. The lowest BCUT2D eigenvalue weighted by Crippen LogP contribution is -2.47. The van der Waals surface area contributed by atoms with Crippen molar-refractivity contribution in [2.24, 2.45) is 5.73 Å². The van der Waals surface area contributed by atoms with E-state index in [9.17, 15) is 4.79 Å². The SMILES string of the molecule is COC(=O)Cc1ccccc1OCCN1CCCCC1N. The highest BCUT2D eigenvalue weighted by molar-refractivity contribution is 5.73. The largest absolute Gasteiger partial charge is 0.492 e. The van der Waals surface area contributed by atoms with Crippen molar-refractivity contribution in [2.75, 3.05) is 26.8 Å². The van der Waals surface area contributed by atoms with Gasteiger partial charge in [0.1, 0.15) is 12.4 Å². The number of methoxy groups -OCH3 is 1. The van der Waals surface area contributed by atoms with Crippen molar-refractivity contribution in [3.05, 3.63) is 29.8 Å². The molecule has 1 saturated heterocycles. The molecule has 1 aromatic rings. The fourth-order valence-corrected chi connectivity index (χ4v) is 2.59. The molecule has 1 aromatic carbocycles. The summed E-state index contributed by atoms with van der Waals surface area (Å²) in [5.41, 5.74) is 6.94. The van der Waals surface area contributed by atoms with Gasteiger partial charge in [-0.1, -0.05) is 18.2 Å². The lowest BCUT2D eigenvalue weighted by molar-refractivity contribution is -0.139. The zero-order chi connectivity index (χ0) is 15.1. The van der Waals surface area contributed by atoms with Gasteiger partial charge in [-0.05, 0) is 31.9 Å². The number of hydrogen-bond donors (Lipinski definition) is 1. The Morgan fingerprint density at radius 3 is 2.95 bits per heavy atom. The Bertz CT molecular complexity index is 465. The molecule has 0 bridgehead atoms. The maximum Gasteiger partial charge on any atom is 0.310 e. The number of piperidine rings is 1. The highest BCUT2D eigenvalue weighted by Crippen LogP contribution is 2.19. The fraction of sp³-hybridized carbons (Fsp3) is 0.562. The highest BCUT2D eigenvalue weighted by atomic mass is 16.5. The summed E-state index contributed by atoms with van der Waals surface area (Å²) in [7, 11) is 1.39. The third-order valence-corrected chi connectivity index (χ3v) is 3.84. The van der Waals surface area contributed by atoms with Crippen molar-refractivity contribution < 1.29 is 14.3 Å². The van der Waals surface area contributed by atoms with E-state index in [1.165, 1.54) is 20.0 Å². The highest BCUT2D eigenvalue weighted by Gasteiger charge is 2.18. The molecule has 5 heteroatoms. The van der Waals surface area contributed by atoms with Gasteiger partial charge in [-0.25, -0.2) is 0 Å². The number of nitrogens with zero attached hydrogens (tertiary/aromatic N) is 1. The Morgan fingerprint density at radius 1 is 1.38 bits per heavy atom. The first kappa shape index (κ1) is 15.8. The van der Waals surface area contributed by atoms with Crippen LogP contribution in [0.4, 0.5) is 0 Å². The Labute approximate surface area is 126 Å². The van der Waals surface area contributed by atoms with Crippen LogP contribution < -0.4 is 10.5 Å². The van der Waals surface area contributed by atoms with Gasteiger partial charge in [-0.2, -0.15) is 0 Å². The lowest BCUT2D eigenvalue weighted by Gasteiger charge is -2.32. The number of esters is 1. The van der Waals surface area contributed by atoms with E-state index in [0.29, 0.717) is 6.61 Å². The molecule has 2 rings (SSSR count). The summed E-state index contributed by atoms with van der Waals surface area (Å²) < 4.78 is 10.5. The molecule has 2 N–H and O–H groups in total. The molecule has 0 amide bonds. The van der Waals surface area contributed by atoms with Crippen molar-refractivity contribution >= 4 is 5.97 Å². The van der Waals surface area contributed by atoms with E-state index in [1.807, 2.05) is 24.3 Å². The zero-order valence-electron chi connectivity index (χ0n) is 12.6. The first-order valence-electron chi connectivity index (χ1n) is 7.48. The van der Waals surface area contributed by atoms with Crippen LogP contribution in [0, 0.1) is 0 Å². The monoisotopic (exact) mass is 292 g/mol. The number of rotatable bonds is 6. The second-order valence-corrected chi connectivity index (χ2v) is 5.31. The Balaban J connectivity index is 1.86. The first-order valence-corrected chi connectivity index (χ1v) is 7.48. The average molecular weight is 292 g/mol. The van der Waals surface area contributed by atoms with E-state index < -0.39 is 0 Å². The zero-order valence-corrected chi connectivity index (χ0v) is 12.6. The molecule has 1 fully saturated rings. The number of carbonyl (C=O) groups excluding carboxylic acids is 1. The Morgan fingerprint density at radius 2 is 2.19 bits per heavy atom. The van der Waals surface area contributed by atoms with Gasteiger partial charge in [0, 0.05) is 12.1 Å². The van der Waals surface area contributed by atoms with Gasteiger partial charge in [0.15, 0.2) is 0 Å². The minimum absolute atomic E-state index is 0.146. The van der Waals surface area contributed by atoms with E-state index in [4.69, 9.17) is 15.2 Å². The van der Waals surface area contributed by atoms with Gasteiger partial charge in [0.05, 0.1) is 19.7 Å². The van der Waals surface area contributed by atoms with Crippen LogP contribution in [0.2, 0.25) is 0 Å². The van der Waals surface area contributed by atoms with Gasteiger partial charge in [0.2, 0.25) is 0 Å². The number of hydrogen-bond acceptors (Lipinski definition) is 5. The molecule has 0 aromatic heterocycles. The second kappa shape index (κ2) is 8.00. The van der Waals surface area contributed by atoms with Crippen LogP contribution in [0.5, 0.6) is 5.75 Å². The third-order valence-electron chi connectivity index (χ3n) is 3.84. The third kappa shape index (κ3) is 4.72. The maximum absolute atomic E-state index is 11.4. The predicted molar refractivity (Wildman–Crippen MR) is 81.1 cm³/mol. The summed E-state index contributed by atoms with van der Waals surface area (Å²) in [6, 6.07) is 7.57. The fourth-order valence-electron chi connectivity index (χ4n) is 2.59. The minimum Gasteiger partial charge on any atom is -0.492 e. The van der Waals surface area contributed by atoms with Crippen LogP contribution in [-0.2, 0) is 16.0 Å². The Kier molecular flexibility index (Phi) is 6.02. The topological polar surface area (TPSA) is 64.8 Å². The predicted octanol–water partition coefficient (Wildman–Crippen LogP) is 1.55. The van der Waals surface area contributed by atoms with E-state index in [2.05, 4.69) is 4.90 Å². The maximum atomic E-state index is 11.4. The lowest BCUT2D eigenvalue weighted by atomic mass is 10.1. The van der Waals surface area contributed by atoms with E-state index >= 15 is 0 Å².